The lowest BCUT2D eigenvalue weighted by atomic mass is 10.1. The number of para-hydroxylation sites is 1. The highest BCUT2D eigenvalue weighted by Crippen LogP contribution is 2.17. The monoisotopic (exact) mass is 251 g/mol. The van der Waals surface area contributed by atoms with Gasteiger partial charge in [-0.25, -0.2) is 0 Å². The lowest BCUT2D eigenvalue weighted by Gasteiger charge is -2.16. The molecule has 6 heteroatoms. The van der Waals surface area contributed by atoms with E-state index in [0.717, 1.165) is 0 Å². The van der Waals surface area contributed by atoms with Crippen molar-refractivity contribution in [2.75, 3.05) is 7.11 Å². The van der Waals surface area contributed by atoms with Crippen LogP contribution in [0.15, 0.2) is 29.4 Å². The first-order valence-corrected chi connectivity index (χ1v) is 5.55. The van der Waals surface area contributed by atoms with Gasteiger partial charge in [0.25, 0.3) is 5.91 Å². The van der Waals surface area contributed by atoms with Gasteiger partial charge in [-0.2, -0.15) is 0 Å². The van der Waals surface area contributed by atoms with Crippen LogP contribution < -0.4 is 15.8 Å². The number of amides is 1. The number of nitrogens with two attached hydrogens (primary N) is 1. The van der Waals surface area contributed by atoms with Crippen LogP contribution in [-0.4, -0.2) is 30.1 Å². The second kappa shape index (κ2) is 6.48. The zero-order chi connectivity index (χ0) is 13.5. The summed E-state index contributed by atoms with van der Waals surface area (Å²) in [6.45, 7) is 1.82. The van der Waals surface area contributed by atoms with Gasteiger partial charge in [-0.3, -0.25) is 4.79 Å². The average Bonchev–Trinajstić information content (AvgIpc) is 2.43. The highest BCUT2D eigenvalue weighted by atomic mass is 16.5. The van der Waals surface area contributed by atoms with Crippen LogP contribution in [0.4, 0.5) is 0 Å². The molecule has 0 heterocycles. The molecule has 0 aliphatic carbocycles. The highest BCUT2D eigenvalue weighted by Gasteiger charge is 2.18. The van der Waals surface area contributed by atoms with Crippen molar-refractivity contribution in [2.24, 2.45) is 10.9 Å². The molecular formula is C12H17N3O3. The van der Waals surface area contributed by atoms with E-state index in [1.807, 2.05) is 6.92 Å². The Bertz CT molecular complexity index is 446. The number of oxime groups is 1. The van der Waals surface area contributed by atoms with Crippen molar-refractivity contribution in [1.29, 1.82) is 0 Å². The molecule has 1 aromatic carbocycles. The fraction of sp³-hybridized carbons (Fsp3) is 0.333. The standard InChI is InChI=1S/C12H17N3O3/c1-3-9(11(13)15-17)14-12(16)8-6-4-5-7-10(8)18-2/h4-7,9,17H,3H2,1-2H3,(H2,13,15)(H,14,16). The Hall–Kier alpha value is -2.24. The number of methoxy groups -OCH3 is 1. The molecule has 0 bridgehead atoms. The molecule has 18 heavy (non-hydrogen) atoms. The van der Waals surface area contributed by atoms with Gasteiger partial charge in [0, 0.05) is 0 Å². The molecule has 98 valence electrons. The molecule has 1 atom stereocenters. The van der Waals surface area contributed by atoms with Crippen molar-refractivity contribution < 1.29 is 14.7 Å². The summed E-state index contributed by atoms with van der Waals surface area (Å²) in [7, 11) is 1.49. The van der Waals surface area contributed by atoms with E-state index in [2.05, 4.69) is 10.5 Å². The van der Waals surface area contributed by atoms with E-state index in [4.69, 9.17) is 15.7 Å². The van der Waals surface area contributed by atoms with Crippen LogP contribution in [0.2, 0.25) is 0 Å². The van der Waals surface area contributed by atoms with Gasteiger partial charge in [0.05, 0.1) is 18.7 Å². The largest absolute Gasteiger partial charge is 0.496 e. The molecule has 0 spiro atoms. The highest BCUT2D eigenvalue weighted by molar-refractivity contribution is 6.00. The first kappa shape index (κ1) is 13.8. The Labute approximate surface area is 105 Å². The van der Waals surface area contributed by atoms with Crippen LogP contribution >= 0.6 is 0 Å². The van der Waals surface area contributed by atoms with E-state index in [1.165, 1.54) is 7.11 Å². The predicted molar refractivity (Wildman–Crippen MR) is 67.9 cm³/mol. The fourth-order valence-corrected chi connectivity index (χ4v) is 1.52. The molecule has 1 aromatic rings. The number of rotatable bonds is 5. The molecule has 4 N–H and O–H groups in total. The molecule has 1 amide bonds. The molecular weight excluding hydrogens is 234 g/mol. The normalized spacial score (nSPS) is 12.9. The Morgan fingerprint density at radius 1 is 1.56 bits per heavy atom. The summed E-state index contributed by atoms with van der Waals surface area (Å²) in [4.78, 5) is 12.0. The van der Waals surface area contributed by atoms with Crippen molar-refractivity contribution in [3.63, 3.8) is 0 Å². The number of benzene rings is 1. The summed E-state index contributed by atoms with van der Waals surface area (Å²) >= 11 is 0. The third-order valence-electron chi connectivity index (χ3n) is 2.54. The summed E-state index contributed by atoms with van der Waals surface area (Å²) in [6, 6.07) is 6.35. The minimum Gasteiger partial charge on any atom is -0.496 e. The van der Waals surface area contributed by atoms with Crippen molar-refractivity contribution in [2.45, 2.75) is 19.4 Å². The maximum Gasteiger partial charge on any atom is 0.255 e. The number of carbonyl (C=O) groups is 1. The van der Waals surface area contributed by atoms with Crippen LogP contribution in [0.5, 0.6) is 5.75 Å². The summed E-state index contributed by atoms with van der Waals surface area (Å²) in [5.41, 5.74) is 5.89. The van der Waals surface area contributed by atoms with E-state index in [9.17, 15) is 4.79 Å². The zero-order valence-corrected chi connectivity index (χ0v) is 10.4. The quantitative estimate of drug-likeness (QED) is 0.314. The third-order valence-corrected chi connectivity index (χ3v) is 2.54. The van der Waals surface area contributed by atoms with Crippen LogP contribution in [0.1, 0.15) is 23.7 Å². The van der Waals surface area contributed by atoms with Crippen LogP contribution in [0.25, 0.3) is 0 Å². The SMILES string of the molecule is CCC(NC(=O)c1ccccc1OC)/C(N)=N/O. The van der Waals surface area contributed by atoms with Crippen molar-refractivity contribution in [3.05, 3.63) is 29.8 Å². The number of carbonyl (C=O) groups excluding carboxylic acids is 1. The van der Waals surface area contributed by atoms with Crippen LogP contribution in [0, 0.1) is 0 Å². The summed E-state index contributed by atoms with van der Waals surface area (Å²) in [5, 5.41) is 14.2. The van der Waals surface area contributed by atoms with Crippen LogP contribution in [0.3, 0.4) is 0 Å². The Morgan fingerprint density at radius 2 is 2.22 bits per heavy atom. The van der Waals surface area contributed by atoms with Gasteiger partial charge in [0.1, 0.15) is 5.75 Å². The van der Waals surface area contributed by atoms with Gasteiger partial charge in [-0.05, 0) is 18.6 Å². The Morgan fingerprint density at radius 3 is 2.78 bits per heavy atom. The van der Waals surface area contributed by atoms with Crippen LogP contribution in [-0.2, 0) is 0 Å². The molecule has 0 aliphatic heterocycles. The summed E-state index contributed by atoms with van der Waals surface area (Å²) in [5.74, 6) is 0.121. The topological polar surface area (TPSA) is 96.9 Å². The van der Waals surface area contributed by atoms with E-state index in [1.54, 1.807) is 24.3 Å². The first-order valence-electron chi connectivity index (χ1n) is 5.55. The third kappa shape index (κ3) is 3.13. The number of amidine groups is 1. The van der Waals surface area contributed by atoms with Gasteiger partial charge < -0.3 is 21.0 Å². The van der Waals surface area contributed by atoms with Gasteiger partial charge in [0.15, 0.2) is 5.84 Å². The molecule has 0 saturated carbocycles. The van der Waals surface area contributed by atoms with Gasteiger partial charge in [-0.15, -0.1) is 0 Å². The second-order valence-electron chi connectivity index (χ2n) is 3.66. The molecule has 6 nitrogen and oxygen atoms in total. The Balaban J connectivity index is 2.87. The number of nitrogens with one attached hydrogen (secondary N) is 1. The molecule has 0 aromatic heterocycles. The van der Waals surface area contributed by atoms with Crippen molar-refractivity contribution in [1.82, 2.24) is 5.32 Å². The minimum atomic E-state index is -0.507. The van der Waals surface area contributed by atoms with E-state index in [-0.39, 0.29) is 11.7 Å². The smallest absolute Gasteiger partial charge is 0.255 e. The van der Waals surface area contributed by atoms with E-state index >= 15 is 0 Å². The molecule has 0 fully saturated rings. The van der Waals surface area contributed by atoms with Crippen molar-refractivity contribution >= 4 is 11.7 Å². The van der Waals surface area contributed by atoms with E-state index < -0.39 is 6.04 Å². The molecule has 1 unspecified atom stereocenters. The number of hydrogen-bond acceptors (Lipinski definition) is 4. The zero-order valence-electron chi connectivity index (χ0n) is 10.4. The van der Waals surface area contributed by atoms with E-state index in [0.29, 0.717) is 17.7 Å². The molecule has 0 saturated heterocycles. The maximum absolute atomic E-state index is 12.0. The summed E-state index contributed by atoms with van der Waals surface area (Å²) in [6.07, 6.45) is 0.525. The number of ether oxygens (including phenoxy) is 1. The average molecular weight is 251 g/mol. The van der Waals surface area contributed by atoms with Crippen molar-refractivity contribution in [3.8, 4) is 5.75 Å². The molecule has 0 aliphatic rings. The molecule has 0 radical (unpaired) electrons. The van der Waals surface area contributed by atoms with Gasteiger partial charge in [-0.1, -0.05) is 24.2 Å². The van der Waals surface area contributed by atoms with Gasteiger partial charge in [0.2, 0.25) is 0 Å². The minimum absolute atomic E-state index is 0.0271. The number of nitrogens with zero attached hydrogens (tertiary/aromatic N) is 1. The first-order chi connectivity index (χ1) is 8.63. The lowest BCUT2D eigenvalue weighted by molar-refractivity contribution is 0.0942. The number of hydrogen-bond donors (Lipinski definition) is 3. The second-order valence-corrected chi connectivity index (χ2v) is 3.66. The fourth-order valence-electron chi connectivity index (χ4n) is 1.52. The maximum atomic E-state index is 12.0. The lowest BCUT2D eigenvalue weighted by Crippen LogP contribution is -2.44. The molecule has 1 rings (SSSR count). The predicted octanol–water partition coefficient (Wildman–Crippen LogP) is 0.950. The van der Waals surface area contributed by atoms with Gasteiger partial charge >= 0.3 is 0 Å². The summed E-state index contributed by atoms with van der Waals surface area (Å²) < 4.78 is 5.10. The Kier molecular flexibility index (Phi) is 4.98.